The Kier molecular flexibility index (Phi) is 4.20. The summed E-state index contributed by atoms with van der Waals surface area (Å²) in [4.78, 5) is 0.873. The van der Waals surface area contributed by atoms with Gasteiger partial charge in [0.05, 0.1) is 10.4 Å². The molecule has 114 valence electrons. The first-order valence-corrected chi connectivity index (χ1v) is 8.33. The molecular weight excluding hydrogens is 294 g/mol. The van der Waals surface area contributed by atoms with Crippen LogP contribution in [0.25, 0.3) is 21.8 Å². The average Bonchev–Trinajstić information content (AvgIpc) is 3.13. The maximum absolute atomic E-state index is 10.5. The first-order chi connectivity index (χ1) is 10.7. The number of aryl methyl sites for hydroxylation is 1. The van der Waals surface area contributed by atoms with Gasteiger partial charge in [-0.2, -0.15) is 0 Å². The molecule has 0 aliphatic carbocycles. The van der Waals surface area contributed by atoms with Gasteiger partial charge in [0.15, 0.2) is 11.5 Å². The van der Waals surface area contributed by atoms with Crippen LogP contribution in [-0.4, -0.2) is 5.11 Å². The Bertz CT molecular complexity index is 759. The van der Waals surface area contributed by atoms with Gasteiger partial charge in [-0.25, -0.2) is 0 Å². The Hall–Kier alpha value is -2.20. The molecule has 3 aromatic rings. The van der Waals surface area contributed by atoms with E-state index in [2.05, 4.69) is 19.1 Å². The number of nitrogens with two attached hydrogens (primary N) is 1. The zero-order valence-electron chi connectivity index (χ0n) is 12.5. The number of hydrogen-bond donors (Lipinski definition) is 2. The molecule has 0 amide bonds. The van der Waals surface area contributed by atoms with E-state index in [1.54, 1.807) is 0 Å². The van der Waals surface area contributed by atoms with Crippen LogP contribution in [0.3, 0.4) is 0 Å². The van der Waals surface area contributed by atoms with Crippen molar-refractivity contribution < 1.29 is 9.52 Å². The second-order valence-corrected chi connectivity index (χ2v) is 6.25. The number of anilines is 1. The van der Waals surface area contributed by atoms with E-state index in [0.717, 1.165) is 29.7 Å². The summed E-state index contributed by atoms with van der Waals surface area (Å²) in [5, 5.41) is 12.5. The van der Waals surface area contributed by atoms with Crippen LogP contribution in [0, 0.1) is 0 Å². The zero-order valence-corrected chi connectivity index (χ0v) is 13.3. The molecular formula is C18H19NO2S. The van der Waals surface area contributed by atoms with Crippen molar-refractivity contribution in [1.29, 1.82) is 0 Å². The van der Waals surface area contributed by atoms with E-state index in [-0.39, 0.29) is 11.6 Å². The van der Waals surface area contributed by atoms with Crippen LogP contribution in [-0.2, 0) is 6.42 Å². The smallest absolute Gasteiger partial charge is 0.202 e. The Morgan fingerprint density at radius 2 is 2.09 bits per heavy atom. The van der Waals surface area contributed by atoms with Crippen LogP contribution in [0.1, 0.15) is 25.3 Å². The number of rotatable bonds is 5. The fraction of sp³-hybridized carbons (Fsp3) is 0.222. The molecule has 3 nitrogen and oxygen atoms in total. The minimum Gasteiger partial charge on any atom is -0.504 e. The molecule has 2 heterocycles. The molecule has 0 aliphatic heterocycles. The predicted molar refractivity (Wildman–Crippen MR) is 92.1 cm³/mol. The highest BCUT2D eigenvalue weighted by Crippen LogP contribution is 2.46. The van der Waals surface area contributed by atoms with Gasteiger partial charge in [-0.3, -0.25) is 0 Å². The second-order valence-electron chi connectivity index (χ2n) is 5.30. The molecule has 1 aromatic carbocycles. The third-order valence-corrected chi connectivity index (χ3v) is 4.56. The van der Waals surface area contributed by atoms with Gasteiger partial charge >= 0.3 is 0 Å². The monoisotopic (exact) mass is 313 g/mol. The first-order valence-electron chi connectivity index (χ1n) is 7.45. The maximum Gasteiger partial charge on any atom is 0.202 e. The first kappa shape index (κ1) is 14.7. The van der Waals surface area contributed by atoms with Crippen LogP contribution in [0.5, 0.6) is 5.75 Å². The highest BCUT2D eigenvalue weighted by Gasteiger charge is 2.21. The summed E-state index contributed by atoms with van der Waals surface area (Å²) in [6.45, 7) is 2.18. The number of aromatic hydroxyl groups is 1. The van der Waals surface area contributed by atoms with E-state index in [0.29, 0.717) is 11.3 Å². The number of hydrogen-bond acceptors (Lipinski definition) is 4. The minimum absolute atomic E-state index is 0.118. The quantitative estimate of drug-likeness (QED) is 0.671. The molecule has 22 heavy (non-hydrogen) atoms. The van der Waals surface area contributed by atoms with E-state index < -0.39 is 0 Å². The Balaban J connectivity index is 2.02. The molecule has 0 radical (unpaired) electrons. The molecule has 0 saturated carbocycles. The number of thiophene rings is 1. The van der Waals surface area contributed by atoms with Gasteiger partial charge in [-0.15, -0.1) is 11.3 Å². The molecule has 0 atom stereocenters. The summed E-state index contributed by atoms with van der Waals surface area (Å²) in [6, 6.07) is 12.0. The van der Waals surface area contributed by atoms with E-state index in [1.807, 2.05) is 29.6 Å². The van der Waals surface area contributed by atoms with Crippen LogP contribution >= 0.6 is 11.3 Å². The number of nitrogen functional groups attached to an aromatic ring is 1. The molecule has 0 saturated heterocycles. The predicted octanol–water partition coefficient (Wildman–Crippen LogP) is 5.31. The summed E-state index contributed by atoms with van der Waals surface area (Å²) >= 11 is 1.51. The molecule has 4 heteroatoms. The van der Waals surface area contributed by atoms with E-state index in [1.165, 1.54) is 16.9 Å². The van der Waals surface area contributed by atoms with Crippen LogP contribution < -0.4 is 5.73 Å². The van der Waals surface area contributed by atoms with E-state index in [9.17, 15) is 5.11 Å². The standard InChI is InChI=1S/C18H19NO2S/c1-2-3-6-12-7-4-8-13(11-12)15-16(20)17(21-18(15)19)14-9-5-10-22-14/h4-5,7-11,20H,2-3,6,19H2,1H3. The van der Waals surface area contributed by atoms with Gasteiger partial charge in [0, 0.05) is 0 Å². The lowest BCUT2D eigenvalue weighted by atomic mass is 10.0. The van der Waals surface area contributed by atoms with Crippen molar-refractivity contribution in [3.8, 4) is 27.5 Å². The van der Waals surface area contributed by atoms with Gasteiger partial charge in [-0.1, -0.05) is 43.7 Å². The van der Waals surface area contributed by atoms with Gasteiger partial charge < -0.3 is 15.3 Å². The van der Waals surface area contributed by atoms with Crippen molar-refractivity contribution in [2.75, 3.05) is 5.73 Å². The lowest BCUT2D eigenvalue weighted by Crippen LogP contribution is -1.88. The summed E-state index contributed by atoms with van der Waals surface area (Å²) in [6.07, 6.45) is 3.34. The summed E-state index contributed by atoms with van der Waals surface area (Å²) in [7, 11) is 0. The third-order valence-electron chi connectivity index (χ3n) is 3.69. The fourth-order valence-corrected chi connectivity index (χ4v) is 3.26. The van der Waals surface area contributed by atoms with Crippen LogP contribution in [0.15, 0.2) is 46.2 Å². The molecule has 3 N–H and O–H groups in total. The van der Waals surface area contributed by atoms with E-state index >= 15 is 0 Å². The fourth-order valence-electron chi connectivity index (χ4n) is 2.56. The average molecular weight is 313 g/mol. The van der Waals surface area contributed by atoms with Crippen molar-refractivity contribution in [2.45, 2.75) is 26.2 Å². The highest BCUT2D eigenvalue weighted by atomic mass is 32.1. The van der Waals surface area contributed by atoms with Gasteiger partial charge in [0.25, 0.3) is 0 Å². The van der Waals surface area contributed by atoms with Crippen molar-refractivity contribution in [1.82, 2.24) is 0 Å². The molecule has 0 aliphatic rings. The molecule has 2 aromatic heterocycles. The lowest BCUT2D eigenvalue weighted by molar-refractivity contribution is 0.467. The van der Waals surface area contributed by atoms with Gasteiger partial charge in [0.2, 0.25) is 5.88 Å². The molecule has 0 bridgehead atoms. The molecule has 3 rings (SSSR count). The molecule has 0 spiro atoms. The van der Waals surface area contributed by atoms with Crippen molar-refractivity contribution >= 4 is 17.2 Å². The Morgan fingerprint density at radius 1 is 1.23 bits per heavy atom. The van der Waals surface area contributed by atoms with Gasteiger partial charge in [-0.05, 0) is 35.4 Å². The summed E-state index contributed by atoms with van der Waals surface area (Å²) in [5.74, 6) is 0.822. The van der Waals surface area contributed by atoms with E-state index in [4.69, 9.17) is 10.2 Å². The topological polar surface area (TPSA) is 59.4 Å². The van der Waals surface area contributed by atoms with Crippen LogP contribution in [0.4, 0.5) is 5.88 Å². The summed E-state index contributed by atoms with van der Waals surface area (Å²) in [5.41, 5.74) is 8.74. The Labute approximate surface area is 134 Å². The number of benzene rings is 1. The zero-order chi connectivity index (χ0) is 15.5. The van der Waals surface area contributed by atoms with Crippen LogP contribution in [0.2, 0.25) is 0 Å². The lowest BCUT2D eigenvalue weighted by Gasteiger charge is -2.04. The normalized spacial score (nSPS) is 11.0. The van der Waals surface area contributed by atoms with Crippen molar-refractivity contribution in [3.63, 3.8) is 0 Å². The van der Waals surface area contributed by atoms with Gasteiger partial charge in [0.1, 0.15) is 0 Å². The molecule has 0 fully saturated rings. The third kappa shape index (κ3) is 2.74. The minimum atomic E-state index is 0.118. The Morgan fingerprint density at radius 3 is 2.82 bits per heavy atom. The number of furan rings is 1. The van der Waals surface area contributed by atoms with Crippen molar-refractivity contribution in [3.05, 3.63) is 47.3 Å². The summed E-state index contributed by atoms with van der Waals surface area (Å²) < 4.78 is 5.60. The maximum atomic E-state index is 10.5. The SMILES string of the molecule is CCCCc1cccc(-c2c(N)oc(-c3cccs3)c2O)c1. The highest BCUT2D eigenvalue weighted by molar-refractivity contribution is 7.13. The molecule has 0 unspecified atom stereocenters. The number of unbranched alkanes of at least 4 members (excludes halogenated alkanes) is 1. The second kappa shape index (κ2) is 6.28. The largest absolute Gasteiger partial charge is 0.504 e. The van der Waals surface area contributed by atoms with Crippen molar-refractivity contribution in [2.24, 2.45) is 0 Å².